The predicted molar refractivity (Wildman–Crippen MR) is 111 cm³/mol. The van der Waals surface area contributed by atoms with E-state index in [-0.39, 0.29) is 42.2 Å². The number of nitrogens with one attached hydrogen (secondary N) is 2. The molecule has 0 spiro atoms. The molecule has 0 aliphatic heterocycles. The molecule has 8 heteroatoms. The highest BCUT2D eigenvalue weighted by Crippen LogP contribution is 2.02. The first-order valence-corrected chi connectivity index (χ1v) is 8.88. The highest BCUT2D eigenvalue weighted by molar-refractivity contribution is 14.0. The molecule has 0 bridgehead atoms. The van der Waals surface area contributed by atoms with Gasteiger partial charge in [0.2, 0.25) is 5.91 Å². The van der Waals surface area contributed by atoms with E-state index in [1.165, 1.54) is 17.0 Å². The molecule has 0 fully saturated rings. The minimum Gasteiger partial charge on any atom is -0.356 e. The van der Waals surface area contributed by atoms with Crippen LogP contribution in [0.1, 0.15) is 5.56 Å². The summed E-state index contributed by atoms with van der Waals surface area (Å²) < 4.78 is 12.9. The van der Waals surface area contributed by atoms with Gasteiger partial charge in [-0.1, -0.05) is 12.1 Å². The van der Waals surface area contributed by atoms with Gasteiger partial charge >= 0.3 is 0 Å². The van der Waals surface area contributed by atoms with Gasteiger partial charge < -0.3 is 15.5 Å². The van der Waals surface area contributed by atoms with Crippen LogP contribution in [0.4, 0.5) is 4.39 Å². The number of hydrogen-bond donors (Lipinski definition) is 2. The quantitative estimate of drug-likeness (QED) is 0.265. The second-order valence-corrected chi connectivity index (χ2v) is 6.16. The van der Waals surface area contributed by atoms with Gasteiger partial charge in [-0.3, -0.25) is 4.79 Å². The Hall–Kier alpha value is -1.03. The first-order chi connectivity index (χ1) is 11.0. The fourth-order valence-electron chi connectivity index (χ4n) is 1.71. The van der Waals surface area contributed by atoms with Crippen LogP contribution in [0.3, 0.4) is 0 Å². The second kappa shape index (κ2) is 13.3. The number of aliphatic imine (C=N–C) groups is 1. The number of halogens is 2. The van der Waals surface area contributed by atoms with Crippen molar-refractivity contribution in [2.45, 2.75) is 6.42 Å². The molecule has 0 heterocycles. The van der Waals surface area contributed by atoms with E-state index in [0.29, 0.717) is 12.5 Å². The molecule has 0 unspecified atom stereocenters. The van der Waals surface area contributed by atoms with Crippen LogP contribution >= 0.6 is 35.7 Å². The predicted octanol–water partition coefficient (Wildman–Crippen LogP) is 1.97. The number of benzene rings is 1. The fraction of sp³-hybridized carbons (Fsp3) is 0.500. The van der Waals surface area contributed by atoms with E-state index in [1.807, 2.05) is 6.26 Å². The molecule has 24 heavy (non-hydrogen) atoms. The molecule has 0 saturated carbocycles. The Kier molecular flexibility index (Phi) is 12.7. The van der Waals surface area contributed by atoms with Crippen molar-refractivity contribution in [3.63, 3.8) is 0 Å². The molecule has 2 N–H and O–H groups in total. The molecule has 0 aliphatic carbocycles. The molecule has 1 amide bonds. The standard InChI is InChI=1S/C16H25FN4OS.HI/c1-21(2)15(22)12-20-16(19-10-11-23-3)18-9-8-13-4-6-14(17)7-5-13;/h4-7H,8-12H2,1-3H3,(H2,18,19,20);1H. The van der Waals surface area contributed by atoms with E-state index in [9.17, 15) is 9.18 Å². The van der Waals surface area contributed by atoms with Gasteiger partial charge in [-0.15, -0.1) is 24.0 Å². The largest absolute Gasteiger partial charge is 0.356 e. The smallest absolute Gasteiger partial charge is 0.243 e. The van der Waals surface area contributed by atoms with Gasteiger partial charge in [-0.2, -0.15) is 11.8 Å². The summed E-state index contributed by atoms with van der Waals surface area (Å²) in [5.74, 6) is 1.30. The van der Waals surface area contributed by atoms with Crippen molar-refractivity contribution in [3.8, 4) is 0 Å². The van der Waals surface area contributed by atoms with E-state index in [1.54, 1.807) is 38.0 Å². The van der Waals surface area contributed by atoms with Crippen molar-refractivity contribution in [2.24, 2.45) is 4.99 Å². The molecule has 0 aliphatic rings. The molecule has 1 rings (SSSR count). The topological polar surface area (TPSA) is 56.7 Å². The Labute approximate surface area is 164 Å². The van der Waals surface area contributed by atoms with Gasteiger partial charge in [-0.05, 0) is 30.4 Å². The van der Waals surface area contributed by atoms with E-state index >= 15 is 0 Å². The first-order valence-electron chi connectivity index (χ1n) is 7.48. The van der Waals surface area contributed by atoms with Crippen LogP contribution in [0.25, 0.3) is 0 Å². The molecular weight excluding hydrogens is 442 g/mol. The van der Waals surface area contributed by atoms with Crippen LogP contribution in [-0.2, 0) is 11.2 Å². The SMILES string of the molecule is CSCCNC(=NCC(=O)N(C)C)NCCc1ccc(F)cc1.I. The van der Waals surface area contributed by atoms with Gasteiger partial charge in [0.05, 0.1) is 0 Å². The van der Waals surface area contributed by atoms with E-state index < -0.39 is 0 Å². The maximum absolute atomic E-state index is 12.9. The van der Waals surface area contributed by atoms with Gasteiger partial charge in [0.25, 0.3) is 0 Å². The zero-order valence-corrected chi connectivity index (χ0v) is 17.5. The zero-order chi connectivity index (χ0) is 17.1. The Morgan fingerprint density at radius 1 is 1.21 bits per heavy atom. The van der Waals surface area contributed by atoms with Gasteiger partial charge in [0, 0.05) is 32.9 Å². The molecular formula is C16H26FIN4OS. The summed E-state index contributed by atoms with van der Waals surface area (Å²) in [6, 6.07) is 6.45. The Morgan fingerprint density at radius 2 is 1.83 bits per heavy atom. The summed E-state index contributed by atoms with van der Waals surface area (Å²) in [6.07, 6.45) is 2.79. The third-order valence-corrected chi connectivity index (χ3v) is 3.70. The number of thioether (sulfide) groups is 1. The van der Waals surface area contributed by atoms with E-state index in [4.69, 9.17) is 0 Å². The van der Waals surface area contributed by atoms with Crippen molar-refractivity contribution in [1.29, 1.82) is 0 Å². The number of likely N-dealkylation sites (N-methyl/N-ethyl adjacent to an activating group) is 1. The second-order valence-electron chi connectivity index (χ2n) is 5.18. The van der Waals surface area contributed by atoms with Crippen molar-refractivity contribution >= 4 is 47.6 Å². The normalized spacial score (nSPS) is 10.8. The van der Waals surface area contributed by atoms with Crippen LogP contribution in [0, 0.1) is 5.82 Å². The molecule has 1 aromatic rings. The molecule has 0 saturated heterocycles. The van der Waals surface area contributed by atoms with Crippen molar-refractivity contribution in [3.05, 3.63) is 35.6 Å². The van der Waals surface area contributed by atoms with Crippen LogP contribution in [0.5, 0.6) is 0 Å². The lowest BCUT2D eigenvalue weighted by molar-refractivity contribution is -0.127. The van der Waals surface area contributed by atoms with Gasteiger partial charge in [0.15, 0.2) is 5.96 Å². The lowest BCUT2D eigenvalue weighted by atomic mass is 10.1. The summed E-state index contributed by atoms with van der Waals surface area (Å²) in [6.45, 7) is 1.55. The van der Waals surface area contributed by atoms with Crippen LogP contribution in [-0.4, -0.2) is 62.5 Å². The van der Waals surface area contributed by atoms with Gasteiger partial charge in [0.1, 0.15) is 12.4 Å². The minimum absolute atomic E-state index is 0. The molecule has 5 nitrogen and oxygen atoms in total. The monoisotopic (exact) mass is 468 g/mol. The molecule has 0 aromatic heterocycles. The third-order valence-electron chi connectivity index (χ3n) is 3.09. The van der Waals surface area contributed by atoms with Gasteiger partial charge in [-0.25, -0.2) is 9.38 Å². The number of hydrogen-bond acceptors (Lipinski definition) is 3. The summed E-state index contributed by atoms with van der Waals surface area (Å²) >= 11 is 1.74. The number of amides is 1. The molecule has 136 valence electrons. The zero-order valence-electron chi connectivity index (χ0n) is 14.3. The minimum atomic E-state index is -0.232. The summed E-state index contributed by atoms with van der Waals surface area (Å²) in [7, 11) is 3.42. The Balaban J connectivity index is 0.00000529. The van der Waals surface area contributed by atoms with E-state index in [0.717, 1.165) is 24.3 Å². The number of nitrogens with zero attached hydrogens (tertiary/aromatic N) is 2. The third kappa shape index (κ3) is 9.96. The Bertz CT molecular complexity index is 511. The lowest BCUT2D eigenvalue weighted by Crippen LogP contribution is -2.40. The van der Waals surface area contributed by atoms with Crippen LogP contribution < -0.4 is 10.6 Å². The Morgan fingerprint density at radius 3 is 2.42 bits per heavy atom. The molecule has 0 atom stereocenters. The van der Waals surface area contributed by atoms with Crippen LogP contribution in [0.2, 0.25) is 0 Å². The summed E-state index contributed by atoms with van der Waals surface area (Å²) in [5, 5.41) is 6.40. The summed E-state index contributed by atoms with van der Waals surface area (Å²) in [4.78, 5) is 17.4. The van der Waals surface area contributed by atoms with Crippen molar-refractivity contribution in [2.75, 3.05) is 45.7 Å². The number of guanidine groups is 1. The lowest BCUT2D eigenvalue weighted by Gasteiger charge is -2.13. The highest BCUT2D eigenvalue weighted by Gasteiger charge is 2.04. The average Bonchev–Trinajstić information content (AvgIpc) is 2.53. The maximum atomic E-state index is 12.9. The first kappa shape index (κ1) is 23.0. The van der Waals surface area contributed by atoms with Crippen molar-refractivity contribution < 1.29 is 9.18 Å². The number of carbonyl (C=O) groups is 1. The fourth-order valence-corrected chi connectivity index (χ4v) is 2.02. The maximum Gasteiger partial charge on any atom is 0.243 e. The average molecular weight is 468 g/mol. The van der Waals surface area contributed by atoms with Crippen molar-refractivity contribution in [1.82, 2.24) is 15.5 Å². The highest BCUT2D eigenvalue weighted by atomic mass is 127. The summed E-state index contributed by atoms with van der Waals surface area (Å²) in [5.41, 5.74) is 1.05. The number of rotatable bonds is 8. The van der Waals surface area contributed by atoms with Crippen LogP contribution in [0.15, 0.2) is 29.3 Å². The number of carbonyl (C=O) groups excluding carboxylic acids is 1. The molecule has 0 radical (unpaired) electrons. The van der Waals surface area contributed by atoms with E-state index in [2.05, 4.69) is 15.6 Å². The molecule has 1 aromatic carbocycles.